The lowest BCUT2D eigenvalue weighted by molar-refractivity contribution is -0.115. The summed E-state index contributed by atoms with van der Waals surface area (Å²) in [6.45, 7) is 1.46. The number of benzene rings is 1. The van der Waals surface area contributed by atoms with Crippen molar-refractivity contribution in [3.05, 3.63) is 47.1 Å². The van der Waals surface area contributed by atoms with Gasteiger partial charge in [0.15, 0.2) is 0 Å². The first-order valence-corrected chi connectivity index (χ1v) is 7.96. The Bertz CT molecular complexity index is 839. The molecule has 1 aromatic heterocycles. The zero-order chi connectivity index (χ0) is 16.4. The molecule has 3 rings (SSSR count). The highest BCUT2D eigenvalue weighted by Crippen LogP contribution is 2.29. The fourth-order valence-electron chi connectivity index (χ4n) is 2.09. The van der Waals surface area contributed by atoms with Crippen molar-refractivity contribution in [3.8, 4) is 11.3 Å². The molecule has 0 spiro atoms. The number of carbonyl (C=O) groups is 2. The van der Waals surface area contributed by atoms with Crippen LogP contribution in [0.2, 0.25) is 0 Å². The molecule has 5 nitrogen and oxygen atoms in total. The van der Waals surface area contributed by atoms with Crippen molar-refractivity contribution >= 4 is 51.9 Å². The van der Waals surface area contributed by atoms with Crippen LogP contribution in [-0.2, 0) is 9.59 Å². The molecule has 0 atom stereocenters. The van der Waals surface area contributed by atoms with Crippen molar-refractivity contribution in [2.75, 3.05) is 5.32 Å². The predicted molar refractivity (Wildman–Crippen MR) is 94.8 cm³/mol. The van der Waals surface area contributed by atoms with Gasteiger partial charge in [-0.05, 0) is 24.3 Å². The van der Waals surface area contributed by atoms with E-state index in [4.69, 9.17) is 16.6 Å². The van der Waals surface area contributed by atoms with Gasteiger partial charge in [-0.3, -0.25) is 9.59 Å². The fourth-order valence-corrected chi connectivity index (χ4v) is 3.11. The summed E-state index contributed by atoms with van der Waals surface area (Å²) in [5.41, 5.74) is 1.53. The molecule has 0 bridgehead atoms. The molecule has 0 saturated carbocycles. The van der Waals surface area contributed by atoms with Gasteiger partial charge in [0, 0.05) is 24.3 Å². The quantitative estimate of drug-likeness (QED) is 0.660. The van der Waals surface area contributed by atoms with Crippen LogP contribution in [0.4, 0.5) is 5.69 Å². The average molecular weight is 344 g/mol. The van der Waals surface area contributed by atoms with Crippen LogP contribution in [0.3, 0.4) is 0 Å². The van der Waals surface area contributed by atoms with Gasteiger partial charge in [-0.25, -0.2) is 0 Å². The Kier molecular flexibility index (Phi) is 4.31. The van der Waals surface area contributed by atoms with E-state index >= 15 is 0 Å². The monoisotopic (exact) mass is 344 g/mol. The molecule has 1 aliphatic rings. The topological polar surface area (TPSA) is 71.3 Å². The number of nitrogens with one attached hydrogen (secondary N) is 2. The Morgan fingerprint density at radius 2 is 2.17 bits per heavy atom. The molecular weight excluding hydrogens is 332 g/mol. The van der Waals surface area contributed by atoms with Crippen LogP contribution < -0.4 is 10.6 Å². The minimum absolute atomic E-state index is 0.132. The van der Waals surface area contributed by atoms with Crippen LogP contribution in [0.15, 0.2) is 45.7 Å². The molecule has 0 radical (unpaired) electrons. The van der Waals surface area contributed by atoms with Crippen molar-refractivity contribution < 1.29 is 14.0 Å². The van der Waals surface area contributed by atoms with Gasteiger partial charge < -0.3 is 15.1 Å². The number of amides is 2. The van der Waals surface area contributed by atoms with Crippen LogP contribution in [0.5, 0.6) is 0 Å². The average Bonchev–Trinajstić information content (AvgIpc) is 3.06. The second-order valence-electron chi connectivity index (χ2n) is 4.82. The summed E-state index contributed by atoms with van der Waals surface area (Å²) in [7, 11) is 0. The molecule has 23 heavy (non-hydrogen) atoms. The minimum Gasteiger partial charge on any atom is -0.457 e. The van der Waals surface area contributed by atoms with Crippen molar-refractivity contribution in [2.24, 2.45) is 0 Å². The molecule has 1 saturated heterocycles. The van der Waals surface area contributed by atoms with Gasteiger partial charge in [-0.15, -0.1) is 0 Å². The summed E-state index contributed by atoms with van der Waals surface area (Å²) in [6, 6.07) is 10.9. The Morgan fingerprint density at radius 3 is 2.87 bits per heavy atom. The molecule has 116 valence electrons. The zero-order valence-corrected chi connectivity index (χ0v) is 13.7. The lowest BCUT2D eigenvalue weighted by Gasteiger charge is -2.03. The highest BCUT2D eigenvalue weighted by molar-refractivity contribution is 8.26. The Balaban J connectivity index is 1.85. The van der Waals surface area contributed by atoms with E-state index in [1.165, 1.54) is 18.7 Å². The van der Waals surface area contributed by atoms with Gasteiger partial charge in [-0.2, -0.15) is 0 Å². The lowest BCUT2D eigenvalue weighted by Crippen LogP contribution is -2.17. The molecule has 1 aliphatic heterocycles. The second-order valence-corrected chi connectivity index (χ2v) is 6.54. The van der Waals surface area contributed by atoms with Gasteiger partial charge in [-0.1, -0.05) is 36.1 Å². The normalized spacial score (nSPS) is 15.8. The number of rotatable bonds is 3. The first-order valence-electron chi connectivity index (χ1n) is 6.74. The smallest absolute Gasteiger partial charge is 0.263 e. The number of hydrogen-bond acceptors (Lipinski definition) is 5. The van der Waals surface area contributed by atoms with Crippen molar-refractivity contribution in [3.63, 3.8) is 0 Å². The number of thiocarbonyl (C=S) groups is 1. The van der Waals surface area contributed by atoms with E-state index in [0.29, 0.717) is 26.4 Å². The van der Waals surface area contributed by atoms with Crippen molar-refractivity contribution in [1.29, 1.82) is 0 Å². The van der Waals surface area contributed by atoms with E-state index in [1.54, 1.807) is 18.2 Å². The Morgan fingerprint density at radius 1 is 1.35 bits per heavy atom. The molecular formula is C16H12N2O3S2. The molecule has 1 fully saturated rings. The van der Waals surface area contributed by atoms with Gasteiger partial charge in [0.25, 0.3) is 5.91 Å². The van der Waals surface area contributed by atoms with Gasteiger partial charge in [0.05, 0.1) is 4.91 Å². The molecule has 2 N–H and O–H groups in total. The maximum atomic E-state index is 11.6. The van der Waals surface area contributed by atoms with Gasteiger partial charge >= 0.3 is 0 Å². The Labute approximate surface area is 142 Å². The maximum absolute atomic E-state index is 11.6. The summed E-state index contributed by atoms with van der Waals surface area (Å²) in [5, 5.41) is 5.28. The Hall–Kier alpha value is -2.38. The van der Waals surface area contributed by atoms with E-state index in [-0.39, 0.29) is 11.8 Å². The van der Waals surface area contributed by atoms with E-state index < -0.39 is 0 Å². The fraction of sp³-hybridized carbons (Fsp3) is 0.0625. The highest BCUT2D eigenvalue weighted by Gasteiger charge is 2.22. The summed E-state index contributed by atoms with van der Waals surface area (Å²) in [4.78, 5) is 23.3. The lowest BCUT2D eigenvalue weighted by atomic mass is 10.1. The SMILES string of the molecule is CC(=O)Nc1cccc(-c2ccc(/C=C3/SC(=S)NC3=O)o2)c1. The summed E-state index contributed by atoms with van der Waals surface area (Å²) < 4.78 is 6.19. The zero-order valence-electron chi connectivity index (χ0n) is 12.1. The largest absolute Gasteiger partial charge is 0.457 e. The molecule has 1 aromatic carbocycles. The third kappa shape index (κ3) is 3.69. The standard InChI is InChI=1S/C16H12N2O3S2/c1-9(19)17-11-4-2-3-10(7-11)13-6-5-12(21-13)8-14-15(20)18-16(22)23-14/h2-8H,1H3,(H,17,19)(H,18,20,22)/b14-8+. The van der Waals surface area contributed by atoms with E-state index in [0.717, 1.165) is 5.56 Å². The highest BCUT2D eigenvalue weighted by atomic mass is 32.2. The van der Waals surface area contributed by atoms with E-state index in [2.05, 4.69) is 10.6 Å². The molecule has 7 heteroatoms. The number of furan rings is 1. The molecule has 0 unspecified atom stereocenters. The molecule has 2 heterocycles. The van der Waals surface area contributed by atoms with Crippen molar-refractivity contribution in [1.82, 2.24) is 5.32 Å². The molecule has 2 aromatic rings. The summed E-state index contributed by atoms with van der Waals surface area (Å²) >= 11 is 6.15. The van der Waals surface area contributed by atoms with Crippen LogP contribution >= 0.6 is 24.0 Å². The molecule has 0 aliphatic carbocycles. The van der Waals surface area contributed by atoms with E-state index in [1.807, 2.05) is 24.3 Å². The number of anilines is 1. The maximum Gasteiger partial charge on any atom is 0.263 e. The number of carbonyl (C=O) groups excluding carboxylic acids is 2. The third-order valence-electron chi connectivity index (χ3n) is 3.01. The summed E-state index contributed by atoms with van der Waals surface area (Å²) in [6.07, 6.45) is 1.65. The first-order chi connectivity index (χ1) is 11.0. The van der Waals surface area contributed by atoms with Crippen LogP contribution in [0, 0.1) is 0 Å². The van der Waals surface area contributed by atoms with Crippen LogP contribution in [0.1, 0.15) is 12.7 Å². The first kappa shape index (κ1) is 15.5. The van der Waals surface area contributed by atoms with Crippen molar-refractivity contribution in [2.45, 2.75) is 6.92 Å². The molecule has 2 amide bonds. The third-order valence-corrected chi connectivity index (χ3v) is 4.17. The number of hydrogen-bond donors (Lipinski definition) is 2. The predicted octanol–water partition coefficient (Wildman–Crippen LogP) is 3.39. The van der Waals surface area contributed by atoms with Gasteiger partial charge in [0.1, 0.15) is 15.8 Å². The van der Waals surface area contributed by atoms with Crippen LogP contribution in [-0.4, -0.2) is 16.1 Å². The van der Waals surface area contributed by atoms with Crippen LogP contribution in [0.25, 0.3) is 17.4 Å². The minimum atomic E-state index is -0.217. The number of thioether (sulfide) groups is 1. The van der Waals surface area contributed by atoms with E-state index in [9.17, 15) is 9.59 Å². The second kappa shape index (κ2) is 6.39. The van der Waals surface area contributed by atoms with Gasteiger partial charge in [0.2, 0.25) is 5.91 Å². The summed E-state index contributed by atoms with van der Waals surface area (Å²) in [5.74, 6) is 0.861.